The third kappa shape index (κ3) is 3.56. The van der Waals surface area contributed by atoms with Crippen LogP contribution >= 0.6 is 0 Å². The maximum atomic E-state index is 12.7. The molecule has 0 aliphatic carbocycles. The number of piperidine rings is 1. The number of carbonyl (C=O) groups excluding carboxylic acids is 2. The number of oxazole rings is 1. The van der Waals surface area contributed by atoms with Gasteiger partial charge in [-0.15, -0.1) is 0 Å². The van der Waals surface area contributed by atoms with Crippen LogP contribution < -0.4 is 20.4 Å². The number of aromatic nitrogens is 1. The Bertz CT molecular complexity index is 1040. The summed E-state index contributed by atoms with van der Waals surface area (Å²) in [5.74, 6) is -0.0199. The summed E-state index contributed by atoms with van der Waals surface area (Å²) in [4.78, 5) is 32.8. The van der Waals surface area contributed by atoms with Gasteiger partial charge in [-0.25, -0.2) is 4.79 Å². The van der Waals surface area contributed by atoms with Crippen molar-refractivity contribution >= 4 is 40.4 Å². The van der Waals surface area contributed by atoms with Crippen molar-refractivity contribution in [2.24, 2.45) is 5.92 Å². The zero-order valence-electron chi connectivity index (χ0n) is 16.5. The summed E-state index contributed by atoms with van der Waals surface area (Å²) in [5.41, 5.74) is 3.20. The summed E-state index contributed by atoms with van der Waals surface area (Å²) in [7, 11) is 0. The van der Waals surface area contributed by atoms with Crippen molar-refractivity contribution in [1.82, 2.24) is 10.3 Å². The molecule has 2 aliphatic rings. The Morgan fingerprint density at radius 3 is 2.53 bits per heavy atom. The van der Waals surface area contributed by atoms with Crippen LogP contribution in [0.25, 0.3) is 11.1 Å². The second-order valence-corrected chi connectivity index (χ2v) is 7.65. The van der Waals surface area contributed by atoms with E-state index in [1.165, 1.54) is 0 Å². The largest absolute Gasteiger partial charge is 0.423 e. The van der Waals surface area contributed by atoms with E-state index in [1.807, 2.05) is 48.5 Å². The van der Waals surface area contributed by atoms with E-state index < -0.39 is 0 Å². The lowest BCUT2D eigenvalue weighted by Crippen LogP contribution is -2.38. The van der Waals surface area contributed by atoms with E-state index in [-0.39, 0.29) is 17.9 Å². The van der Waals surface area contributed by atoms with Crippen LogP contribution in [0.1, 0.15) is 12.8 Å². The molecule has 2 aromatic carbocycles. The lowest BCUT2D eigenvalue weighted by molar-refractivity contribution is -0.120. The van der Waals surface area contributed by atoms with Crippen molar-refractivity contribution in [3.05, 3.63) is 48.5 Å². The number of hydrogen-bond acceptors (Lipinski definition) is 5. The van der Waals surface area contributed by atoms with E-state index in [9.17, 15) is 9.59 Å². The number of carbonyl (C=O) groups is 2. The SMILES string of the molecule is O=C(Nc1ccc(N2CCNC2=O)cc1)C1CCN(c2nc3ccccc3o2)CC1. The topological polar surface area (TPSA) is 90.7 Å². The molecule has 0 unspecified atom stereocenters. The third-order valence-corrected chi connectivity index (χ3v) is 5.72. The molecule has 0 saturated carbocycles. The van der Waals surface area contributed by atoms with Crippen molar-refractivity contribution in [2.45, 2.75) is 12.8 Å². The molecule has 2 N–H and O–H groups in total. The van der Waals surface area contributed by atoms with Crippen LogP contribution in [-0.4, -0.2) is 43.1 Å². The van der Waals surface area contributed by atoms with Crippen molar-refractivity contribution in [3.63, 3.8) is 0 Å². The van der Waals surface area contributed by atoms with Crippen LogP contribution in [-0.2, 0) is 4.79 Å². The quantitative estimate of drug-likeness (QED) is 0.696. The lowest BCUT2D eigenvalue weighted by atomic mass is 9.96. The van der Waals surface area contributed by atoms with Gasteiger partial charge in [0.2, 0.25) is 5.91 Å². The van der Waals surface area contributed by atoms with Crippen LogP contribution in [0, 0.1) is 5.92 Å². The van der Waals surface area contributed by atoms with E-state index in [0.29, 0.717) is 19.1 Å². The molecule has 0 atom stereocenters. The molecular formula is C22H23N5O3. The first kappa shape index (κ1) is 18.5. The average molecular weight is 405 g/mol. The zero-order valence-corrected chi connectivity index (χ0v) is 16.5. The van der Waals surface area contributed by atoms with Gasteiger partial charge in [-0.3, -0.25) is 9.69 Å². The highest BCUT2D eigenvalue weighted by atomic mass is 16.4. The van der Waals surface area contributed by atoms with Crippen molar-refractivity contribution in [2.75, 3.05) is 41.3 Å². The normalized spacial score (nSPS) is 17.4. The van der Waals surface area contributed by atoms with Gasteiger partial charge in [-0.05, 0) is 49.2 Å². The average Bonchev–Trinajstić information content (AvgIpc) is 3.40. The standard InChI is InChI=1S/C22H23N5O3/c28-20(24-16-5-7-17(8-6-16)27-14-11-23-21(27)29)15-9-12-26(13-10-15)22-25-18-3-1-2-4-19(18)30-22/h1-8,15H,9-14H2,(H,23,29)(H,24,28). The van der Waals surface area contributed by atoms with E-state index >= 15 is 0 Å². The predicted molar refractivity (Wildman–Crippen MR) is 115 cm³/mol. The Labute approximate surface area is 173 Å². The molecule has 3 amide bonds. The monoisotopic (exact) mass is 405 g/mol. The number of hydrogen-bond donors (Lipinski definition) is 2. The Morgan fingerprint density at radius 2 is 1.83 bits per heavy atom. The highest BCUT2D eigenvalue weighted by Crippen LogP contribution is 2.27. The smallest absolute Gasteiger partial charge is 0.321 e. The third-order valence-electron chi connectivity index (χ3n) is 5.72. The summed E-state index contributed by atoms with van der Waals surface area (Å²) < 4.78 is 5.84. The molecule has 3 heterocycles. The summed E-state index contributed by atoms with van der Waals surface area (Å²) in [6, 6.07) is 15.6. The second kappa shape index (κ2) is 7.70. The van der Waals surface area contributed by atoms with Gasteiger partial charge in [0.05, 0.1) is 0 Å². The predicted octanol–water partition coefficient (Wildman–Crippen LogP) is 3.21. The number of para-hydroxylation sites is 2. The molecule has 5 rings (SSSR count). The molecule has 8 nitrogen and oxygen atoms in total. The fourth-order valence-corrected chi connectivity index (χ4v) is 4.02. The molecule has 3 aromatic rings. The molecule has 0 spiro atoms. The van der Waals surface area contributed by atoms with Crippen molar-refractivity contribution in [1.29, 1.82) is 0 Å². The van der Waals surface area contributed by atoms with Gasteiger partial charge < -0.3 is 20.0 Å². The molecule has 0 bridgehead atoms. The first-order valence-electron chi connectivity index (χ1n) is 10.2. The van der Waals surface area contributed by atoms with Crippen LogP contribution in [0.3, 0.4) is 0 Å². The Morgan fingerprint density at radius 1 is 1.07 bits per heavy atom. The molecule has 2 aliphatic heterocycles. The Balaban J connectivity index is 1.17. The minimum absolute atomic E-state index is 0.0267. The minimum atomic E-state index is -0.0857. The van der Waals surface area contributed by atoms with E-state index in [0.717, 1.165) is 48.4 Å². The maximum absolute atomic E-state index is 12.7. The molecule has 8 heteroatoms. The fraction of sp³-hybridized carbons (Fsp3) is 0.318. The lowest BCUT2D eigenvalue weighted by Gasteiger charge is -2.30. The number of urea groups is 1. The number of anilines is 3. The number of nitrogens with one attached hydrogen (secondary N) is 2. The molecular weight excluding hydrogens is 382 g/mol. The number of rotatable bonds is 4. The zero-order chi connectivity index (χ0) is 20.5. The van der Waals surface area contributed by atoms with Gasteiger partial charge in [0.1, 0.15) is 5.52 Å². The van der Waals surface area contributed by atoms with E-state index in [2.05, 4.69) is 20.5 Å². The van der Waals surface area contributed by atoms with Crippen LogP contribution in [0.2, 0.25) is 0 Å². The first-order chi connectivity index (χ1) is 14.7. The molecule has 30 heavy (non-hydrogen) atoms. The second-order valence-electron chi connectivity index (χ2n) is 7.65. The Hall–Kier alpha value is -3.55. The first-order valence-corrected chi connectivity index (χ1v) is 10.2. The molecule has 2 fully saturated rings. The van der Waals surface area contributed by atoms with Gasteiger partial charge >= 0.3 is 6.03 Å². The van der Waals surface area contributed by atoms with Crippen LogP contribution in [0.4, 0.5) is 22.2 Å². The summed E-state index contributed by atoms with van der Waals surface area (Å²) in [5, 5.41) is 5.78. The van der Waals surface area contributed by atoms with Gasteiger partial charge in [-0.2, -0.15) is 4.98 Å². The van der Waals surface area contributed by atoms with E-state index in [4.69, 9.17) is 4.42 Å². The van der Waals surface area contributed by atoms with Crippen molar-refractivity contribution < 1.29 is 14.0 Å². The highest BCUT2D eigenvalue weighted by Gasteiger charge is 2.27. The van der Waals surface area contributed by atoms with Crippen molar-refractivity contribution in [3.8, 4) is 0 Å². The summed E-state index contributed by atoms with van der Waals surface area (Å²) >= 11 is 0. The Kier molecular flexibility index (Phi) is 4.74. The molecule has 2 saturated heterocycles. The fourth-order valence-electron chi connectivity index (χ4n) is 4.02. The maximum Gasteiger partial charge on any atom is 0.321 e. The van der Waals surface area contributed by atoms with Gasteiger partial charge in [0, 0.05) is 43.5 Å². The highest BCUT2D eigenvalue weighted by molar-refractivity contribution is 5.95. The molecule has 1 aromatic heterocycles. The van der Waals surface area contributed by atoms with Crippen LogP contribution in [0.15, 0.2) is 52.9 Å². The van der Waals surface area contributed by atoms with Gasteiger partial charge in [-0.1, -0.05) is 12.1 Å². The molecule has 0 radical (unpaired) electrons. The summed E-state index contributed by atoms with van der Waals surface area (Å²) in [6.07, 6.45) is 1.49. The number of amides is 3. The van der Waals surface area contributed by atoms with E-state index in [1.54, 1.807) is 4.90 Å². The molecule has 154 valence electrons. The van der Waals surface area contributed by atoms with Crippen LogP contribution in [0.5, 0.6) is 0 Å². The van der Waals surface area contributed by atoms with Gasteiger partial charge in [0.15, 0.2) is 5.58 Å². The number of fused-ring (bicyclic) bond motifs is 1. The number of benzene rings is 2. The minimum Gasteiger partial charge on any atom is -0.423 e. The summed E-state index contributed by atoms with van der Waals surface area (Å²) in [6.45, 7) is 2.77. The number of nitrogens with zero attached hydrogens (tertiary/aromatic N) is 3. The van der Waals surface area contributed by atoms with Gasteiger partial charge in [0.25, 0.3) is 6.01 Å².